The van der Waals surface area contributed by atoms with E-state index in [0.29, 0.717) is 11.3 Å². The molecule has 1 aromatic rings. The third-order valence-corrected chi connectivity index (χ3v) is 2.37. The van der Waals surface area contributed by atoms with Gasteiger partial charge >= 0.3 is 0 Å². The Morgan fingerprint density at radius 3 is 2.80 bits per heavy atom. The molecular weight excluding hydrogens is 221 g/mol. The van der Waals surface area contributed by atoms with Crippen molar-refractivity contribution < 1.29 is 13.9 Å². The Labute approximate surface area is 92.2 Å². The Balaban J connectivity index is 3.10. The van der Waals surface area contributed by atoms with Gasteiger partial charge < -0.3 is 10.1 Å². The Bertz CT molecular complexity index is 370. The van der Waals surface area contributed by atoms with Gasteiger partial charge in [-0.05, 0) is 18.2 Å². The second-order valence-electron chi connectivity index (χ2n) is 2.86. The predicted molar refractivity (Wildman–Crippen MR) is 55.6 cm³/mol. The average molecular weight is 232 g/mol. The molecule has 0 fully saturated rings. The van der Waals surface area contributed by atoms with E-state index in [-0.39, 0.29) is 0 Å². The molecule has 3 nitrogen and oxygen atoms in total. The standard InChI is InChI=1S/C10H11ClFNO2/c1-13-10(14)9(11)7-5-6(12)3-4-8(7)15-2/h3-5,9H,1-2H3,(H,13,14). The van der Waals surface area contributed by atoms with Gasteiger partial charge in [-0.2, -0.15) is 0 Å². The number of carbonyl (C=O) groups excluding carboxylic acids is 1. The zero-order valence-corrected chi connectivity index (χ0v) is 9.14. The van der Waals surface area contributed by atoms with E-state index >= 15 is 0 Å². The molecule has 0 radical (unpaired) electrons. The Hall–Kier alpha value is -1.29. The van der Waals surface area contributed by atoms with Gasteiger partial charge in [0.15, 0.2) is 0 Å². The summed E-state index contributed by atoms with van der Waals surface area (Å²) in [6, 6.07) is 3.87. The molecule has 0 spiro atoms. The first-order valence-electron chi connectivity index (χ1n) is 4.29. The largest absolute Gasteiger partial charge is 0.496 e. The van der Waals surface area contributed by atoms with Crippen LogP contribution in [0.3, 0.4) is 0 Å². The molecule has 0 aromatic heterocycles. The summed E-state index contributed by atoms with van der Waals surface area (Å²) in [6.45, 7) is 0. The van der Waals surface area contributed by atoms with Crippen molar-refractivity contribution in [2.45, 2.75) is 5.38 Å². The lowest BCUT2D eigenvalue weighted by Crippen LogP contribution is -2.22. The summed E-state index contributed by atoms with van der Waals surface area (Å²) in [5, 5.41) is 1.43. The molecule has 15 heavy (non-hydrogen) atoms. The monoisotopic (exact) mass is 231 g/mol. The minimum atomic E-state index is -0.958. The van der Waals surface area contributed by atoms with Crippen LogP contribution in [-0.2, 0) is 4.79 Å². The van der Waals surface area contributed by atoms with Crippen molar-refractivity contribution in [3.63, 3.8) is 0 Å². The average Bonchev–Trinajstić information content (AvgIpc) is 2.27. The van der Waals surface area contributed by atoms with Crippen LogP contribution in [0.4, 0.5) is 4.39 Å². The molecule has 1 rings (SSSR count). The van der Waals surface area contributed by atoms with Gasteiger partial charge in [-0.25, -0.2) is 4.39 Å². The van der Waals surface area contributed by atoms with Crippen molar-refractivity contribution in [1.29, 1.82) is 0 Å². The van der Waals surface area contributed by atoms with E-state index in [1.54, 1.807) is 0 Å². The Kier molecular flexibility index (Phi) is 3.91. The maximum atomic E-state index is 13.0. The molecule has 0 aliphatic rings. The fourth-order valence-electron chi connectivity index (χ4n) is 1.17. The summed E-state index contributed by atoms with van der Waals surface area (Å²) in [7, 11) is 2.90. The van der Waals surface area contributed by atoms with Gasteiger partial charge in [0.25, 0.3) is 0 Å². The van der Waals surface area contributed by atoms with Crippen LogP contribution in [0.5, 0.6) is 5.75 Å². The van der Waals surface area contributed by atoms with E-state index in [1.807, 2.05) is 0 Å². The van der Waals surface area contributed by atoms with Crippen LogP contribution >= 0.6 is 11.6 Å². The van der Waals surface area contributed by atoms with Crippen molar-refractivity contribution in [3.8, 4) is 5.75 Å². The molecule has 0 bridgehead atoms. The number of methoxy groups -OCH3 is 1. The molecule has 0 aliphatic carbocycles. The molecule has 1 amide bonds. The van der Waals surface area contributed by atoms with E-state index in [2.05, 4.69) is 5.32 Å². The first-order chi connectivity index (χ1) is 7.10. The van der Waals surface area contributed by atoms with Gasteiger partial charge in [0, 0.05) is 12.6 Å². The topological polar surface area (TPSA) is 38.3 Å². The summed E-state index contributed by atoms with van der Waals surface area (Å²) in [5.74, 6) is -0.471. The van der Waals surface area contributed by atoms with Crippen LogP contribution in [0.1, 0.15) is 10.9 Å². The molecule has 0 saturated heterocycles. The van der Waals surface area contributed by atoms with E-state index < -0.39 is 17.1 Å². The first kappa shape index (κ1) is 11.8. The van der Waals surface area contributed by atoms with E-state index in [1.165, 1.54) is 32.4 Å². The zero-order chi connectivity index (χ0) is 11.4. The Morgan fingerprint density at radius 1 is 1.60 bits per heavy atom. The second kappa shape index (κ2) is 4.98. The van der Waals surface area contributed by atoms with Crippen LogP contribution in [0.15, 0.2) is 18.2 Å². The lowest BCUT2D eigenvalue weighted by molar-refractivity contribution is -0.120. The van der Waals surface area contributed by atoms with Crippen LogP contribution in [0, 0.1) is 5.82 Å². The summed E-state index contributed by atoms with van der Waals surface area (Å²) >= 11 is 5.85. The van der Waals surface area contributed by atoms with Crippen molar-refractivity contribution in [1.82, 2.24) is 5.32 Å². The van der Waals surface area contributed by atoms with E-state index in [4.69, 9.17) is 16.3 Å². The highest BCUT2D eigenvalue weighted by Gasteiger charge is 2.20. The maximum Gasteiger partial charge on any atom is 0.242 e. The van der Waals surface area contributed by atoms with Gasteiger partial charge in [-0.3, -0.25) is 4.79 Å². The number of hydrogen-bond acceptors (Lipinski definition) is 2. The van der Waals surface area contributed by atoms with Crippen LogP contribution in [0.25, 0.3) is 0 Å². The smallest absolute Gasteiger partial charge is 0.242 e. The van der Waals surface area contributed by atoms with Crippen molar-refractivity contribution in [2.75, 3.05) is 14.2 Å². The second-order valence-corrected chi connectivity index (χ2v) is 3.30. The summed E-state index contributed by atoms with van der Waals surface area (Å²) < 4.78 is 18.0. The molecule has 0 aliphatic heterocycles. The summed E-state index contributed by atoms with van der Waals surface area (Å²) in [4.78, 5) is 11.3. The van der Waals surface area contributed by atoms with E-state index in [0.717, 1.165) is 0 Å². The number of nitrogens with one attached hydrogen (secondary N) is 1. The fraction of sp³-hybridized carbons (Fsp3) is 0.300. The highest BCUT2D eigenvalue weighted by atomic mass is 35.5. The number of rotatable bonds is 3. The predicted octanol–water partition coefficient (Wildman–Crippen LogP) is 1.86. The van der Waals surface area contributed by atoms with Crippen LogP contribution in [0.2, 0.25) is 0 Å². The molecular formula is C10H11ClFNO2. The number of benzene rings is 1. The molecule has 1 unspecified atom stereocenters. The molecule has 1 aromatic carbocycles. The molecule has 1 N–H and O–H groups in total. The SMILES string of the molecule is CNC(=O)C(Cl)c1cc(F)ccc1OC. The lowest BCUT2D eigenvalue weighted by Gasteiger charge is -2.12. The normalized spacial score (nSPS) is 12.0. The van der Waals surface area contributed by atoms with Crippen LogP contribution in [-0.4, -0.2) is 20.1 Å². The molecule has 0 saturated carbocycles. The van der Waals surface area contributed by atoms with Gasteiger partial charge in [-0.15, -0.1) is 11.6 Å². The highest BCUT2D eigenvalue weighted by Crippen LogP contribution is 2.30. The van der Waals surface area contributed by atoms with Gasteiger partial charge in [0.2, 0.25) is 5.91 Å². The number of likely N-dealkylation sites (N-methyl/N-ethyl adjacent to an activating group) is 1. The van der Waals surface area contributed by atoms with Crippen molar-refractivity contribution >= 4 is 17.5 Å². The summed E-state index contributed by atoms with van der Waals surface area (Å²) in [6.07, 6.45) is 0. The van der Waals surface area contributed by atoms with Gasteiger partial charge in [0.1, 0.15) is 16.9 Å². The minimum absolute atomic E-state index is 0.318. The molecule has 5 heteroatoms. The quantitative estimate of drug-likeness (QED) is 0.807. The first-order valence-corrected chi connectivity index (χ1v) is 4.73. The van der Waals surface area contributed by atoms with Crippen molar-refractivity contribution in [3.05, 3.63) is 29.6 Å². The number of ether oxygens (including phenoxy) is 1. The number of hydrogen-bond donors (Lipinski definition) is 1. The zero-order valence-electron chi connectivity index (χ0n) is 8.38. The number of alkyl halides is 1. The van der Waals surface area contributed by atoms with Crippen LogP contribution < -0.4 is 10.1 Å². The van der Waals surface area contributed by atoms with Gasteiger partial charge in [0.05, 0.1) is 7.11 Å². The third-order valence-electron chi connectivity index (χ3n) is 1.94. The molecule has 82 valence electrons. The Morgan fingerprint density at radius 2 is 2.27 bits per heavy atom. The fourth-order valence-corrected chi connectivity index (χ4v) is 1.45. The summed E-state index contributed by atoms with van der Waals surface area (Å²) in [5.41, 5.74) is 0.318. The molecule has 0 heterocycles. The highest BCUT2D eigenvalue weighted by molar-refractivity contribution is 6.31. The number of amides is 1. The van der Waals surface area contributed by atoms with E-state index in [9.17, 15) is 9.18 Å². The molecule has 1 atom stereocenters. The lowest BCUT2D eigenvalue weighted by atomic mass is 10.1. The maximum absolute atomic E-state index is 13.0. The number of halogens is 2. The number of carbonyl (C=O) groups is 1. The third kappa shape index (κ3) is 2.59. The minimum Gasteiger partial charge on any atom is -0.496 e. The van der Waals surface area contributed by atoms with Gasteiger partial charge in [-0.1, -0.05) is 0 Å². The van der Waals surface area contributed by atoms with Crippen molar-refractivity contribution in [2.24, 2.45) is 0 Å².